The summed E-state index contributed by atoms with van der Waals surface area (Å²) in [6, 6.07) is 6.61. The summed E-state index contributed by atoms with van der Waals surface area (Å²) in [5, 5.41) is 16.4. The number of carbonyl (C=O) groups is 1. The molecule has 0 unspecified atom stereocenters. The lowest BCUT2D eigenvalue weighted by atomic mass is 10.1. The Morgan fingerprint density at radius 1 is 1.32 bits per heavy atom. The van der Waals surface area contributed by atoms with E-state index < -0.39 is 5.97 Å². The molecule has 0 radical (unpaired) electrons. The molecule has 3 N–H and O–H groups in total. The van der Waals surface area contributed by atoms with Crippen LogP contribution in [0.3, 0.4) is 0 Å². The lowest BCUT2D eigenvalue weighted by molar-refractivity contribution is 0.0601. The van der Waals surface area contributed by atoms with Gasteiger partial charge in [0.1, 0.15) is 10.8 Å². The highest BCUT2D eigenvalue weighted by atomic mass is 32.1. The van der Waals surface area contributed by atoms with Gasteiger partial charge < -0.3 is 20.5 Å². The maximum absolute atomic E-state index is 11.9. The molecule has 1 aromatic carbocycles. The molecule has 0 fully saturated rings. The van der Waals surface area contributed by atoms with Gasteiger partial charge in [-0.15, -0.1) is 11.3 Å². The SMILES string of the molecule is COC(=O)c1c(NC(=S)Nc2cccc(O)c2)sc(C)c1C. The van der Waals surface area contributed by atoms with Gasteiger partial charge in [-0.2, -0.15) is 0 Å². The second-order valence-corrected chi connectivity index (χ2v) is 6.24. The van der Waals surface area contributed by atoms with Crippen LogP contribution < -0.4 is 10.6 Å². The molecule has 0 saturated carbocycles. The molecule has 2 rings (SSSR count). The lowest BCUT2D eigenvalue weighted by Gasteiger charge is -2.11. The maximum atomic E-state index is 11.9. The normalized spacial score (nSPS) is 10.1. The second kappa shape index (κ2) is 6.76. The molecular formula is C15H16N2O3S2. The number of anilines is 2. The largest absolute Gasteiger partial charge is 0.508 e. The Kier molecular flexibility index (Phi) is 4.99. The van der Waals surface area contributed by atoms with Crippen molar-refractivity contribution in [1.82, 2.24) is 0 Å². The number of aryl methyl sites for hydroxylation is 1. The van der Waals surface area contributed by atoms with E-state index in [4.69, 9.17) is 17.0 Å². The molecular weight excluding hydrogens is 320 g/mol. The van der Waals surface area contributed by atoms with Crippen LogP contribution >= 0.6 is 23.6 Å². The number of nitrogens with one attached hydrogen (secondary N) is 2. The number of benzene rings is 1. The second-order valence-electron chi connectivity index (χ2n) is 4.61. The van der Waals surface area contributed by atoms with Crippen LogP contribution in [-0.4, -0.2) is 23.3 Å². The van der Waals surface area contributed by atoms with Crippen molar-refractivity contribution in [3.8, 4) is 5.75 Å². The van der Waals surface area contributed by atoms with Gasteiger partial charge in [-0.1, -0.05) is 6.07 Å². The number of aromatic hydroxyl groups is 1. The van der Waals surface area contributed by atoms with Gasteiger partial charge >= 0.3 is 5.97 Å². The van der Waals surface area contributed by atoms with Crippen molar-refractivity contribution in [2.24, 2.45) is 0 Å². The molecule has 0 bridgehead atoms. The van der Waals surface area contributed by atoms with Gasteiger partial charge in [-0.3, -0.25) is 0 Å². The first-order chi connectivity index (χ1) is 10.4. The van der Waals surface area contributed by atoms with Crippen LogP contribution in [0.5, 0.6) is 5.75 Å². The van der Waals surface area contributed by atoms with Crippen LogP contribution in [0.4, 0.5) is 10.7 Å². The number of hydrogen-bond donors (Lipinski definition) is 3. The van der Waals surface area contributed by atoms with E-state index in [0.29, 0.717) is 21.4 Å². The van der Waals surface area contributed by atoms with Crippen molar-refractivity contribution in [2.75, 3.05) is 17.7 Å². The van der Waals surface area contributed by atoms with Crippen LogP contribution in [0.2, 0.25) is 0 Å². The van der Waals surface area contributed by atoms with E-state index >= 15 is 0 Å². The Bertz CT molecular complexity index is 726. The van der Waals surface area contributed by atoms with Crippen LogP contribution in [0.25, 0.3) is 0 Å². The molecule has 2 aromatic rings. The van der Waals surface area contributed by atoms with E-state index in [2.05, 4.69) is 10.6 Å². The first-order valence-corrected chi connectivity index (χ1v) is 7.70. The van der Waals surface area contributed by atoms with E-state index in [1.54, 1.807) is 24.3 Å². The van der Waals surface area contributed by atoms with Crippen LogP contribution in [0.15, 0.2) is 24.3 Å². The Morgan fingerprint density at radius 3 is 2.68 bits per heavy atom. The molecule has 22 heavy (non-hydrogen) atoms. The summed E-state index contributed by atoms with van der Waals surface area (Å²) in [5.41, 5.74) is 2.02. The molecule has 1 aromatic heterocycles. The molecule has 1 heterocycles. The minimum Gasteiger partial charge on any atom is -0.508 e. The Morgan fingerprint density at radius 2 is 2.05 bits per heavy atom. The summed E-state index contributed by atoms with van der Waals surface area (Å²) in [4.78, 5) is 12.9. The smallest absolute Gasteiger partial charge is 0.341 e. The number of methoxy groups -OCH3 is 1. The molecule has 0 atom stereocenters. The third kappa shape index (κ3) is 3.55. The summed E-state index contributed by atoms with van der Waals surface area (Å²) < 4.78 is 4.82. The number of phenolic OH excluding ortho intramolecular Hbond substituents is 1. The third-order valence-electron chi connectivity index (χ3n) is 3.11. The highest BCUT2D eigenvalue weighted by Crippen LogP contribution is 2.33. The first kappa shape index (κ1) is 16.3. The quantitative estimate of drug-likeness (QED) is 0.587. The molecule has 0 spiro atoms. The number of thiophene rings is 1. The number of ether oxygens (including phenoxy) is 1. The average Bonchev–Trinajstić information content (AvgIpc) is 2.72. The van der Waals surface area contributed by atoms with Crippen LogP contribution in [0, 0.1) is 13.8 Å². The third-order valence-corrected chi connectivity index (χ3v) is 4.43. The summed E-state index contributed by atoms with van der Waals surface area (Å²) >= 11 is 6.68. The Labute approximate surface area is 137 Å². The fraction of sp³-hybridized carbons (Fsp3) is 0.200. The van der Waals surface area contributed by atoms with Crippen LogP contribution in [-0.2, 0) is 4.74 Å². The topological polar surface area (TPSA) is 70.6 Å². The van der Waals surface area contributed by atoms with Crippen molar-refractivity contribution in [1.29, 1.82) is 0 Å². The van der Waals surface area contributed by atoms with Crippen molar-refractivity contribution < 1.29 is 14.6 Å². The predicted octanol–water partition coefficient (Wildman–Crippen LogP) is 3.67. The average molecular weight is 336 g/mol. The maximum Gasteiger partial charge on any atom is 0.341 e. The van der Waals surface area contributed by atoms with Gasteiger partial charge in [0.15, 0.2) is 5.11 Å². The number of esters is 1. The monoisotopic (exact) mass is 336 g/mol. The van der Waals surface area contributed by atoms with Gasteiger partial charge in [0.05, 0.1) is 12.7 Å². The van der Waals surface area contributed by atoms with Crippen molar-refractivity contribution in [3.05, 3.63) is 40.3 Å². The fourth-order valence-corrected chi connectivity index (χ4v) is 3.25. The Balaban J connectivity index is 2.18. The van der Waals surface area contributed by atoms with E-state index in [-0.39, 0.29) is 5.75 Å². The van der Waals surface area contributed by atoms with E-state index in [1.165, 1.54) is 18.4 Å². The molecule has 0 aliphatic carbocycles. The molecule has 0 saturated heterocycles. The van der Waals surface area contributed by atoms with Crippen LogP contribution in [0.1, 0.15) is 20.8 Å². The van der Waals surface area contributed by atoms with Crippen molar-refractivity contribution in [2.45, 2.75) is 13.8 Å². The lowest BCUT2D eigenvalue weighted by Crippen LogP contribution is -2.20. The summed E-state index contributed by atoms with van der Waals surface area (Å²) in [6.45, 7) is 3.80. The number of thiocarbonyl (C=S) groups is 1. The highest BCUT2D eigenvalue weighted by Gasteiger charge is 2.20. The van der Waals surface area contributed by atoms with E-state index in [0.717, 1.165) is 10.4 Å². The van der Waals surface area contributed by atoms with Gasteiger partial charge in [-0.25, -0.2) is 4.79 Å². The van der Waals surface area contributed by atoms with Gasteiger partial charge in [0, 0.05) is 16.6 Å². The molecule has 0 aliphatic heterocycles. The zero-order valence-corrected chi connectivity index (χ0v) is 14.0. The zero-order valence-electron chi connectivity index (χ0n) is 12.4. The fourth-order valence-electron chi connectivity index (χ4n) is 1.91. The zero-order chi connectivity index (χ0) is 16.3. The number of phenols is 1. The number of rotatable bonds is 3. The summed E-state index contributed by atoms with van der Waals surface area (Å²) in [5.74, 6) is -0.254. The molecule has 5 nitrogen and oxygen atoms in total. The predicted molar refractivity (Wildman–Crippen MR) is 93.1 cm³/mol. The van der Waals surface area contributed by atoms with Gasteiger partial charge in [0.2, 0.25) is 0 Å². The van der Waals surface area contributed by atoms with Gasteiger partial charge in [0.25, 0.3) is 0 Å². The molecule has 0 amide bonds. The number of hydrogen-bond acceptors (Lipinski definition) is 5. The van der Waals surface area contributed by atoms with Gasteiger partial charge in [-0.05, 0) is 43.8 Å². The van der Waals surface area contributed by atoms with Crippen molar-refractivity contribution >= 4 is 45.3 Å². The summed E-state index contributed by atoms with van der Waals surface area (Å²) in [6.07, 6.45) is 0. The highest BCUT2D eigenvalue weighted by molar-refractivity contribution is 7.80. The summed E-state index contributed by atoms with van der Waals surface area (Å²) in [7, 11) is 1.35. The minimum atomic E-state index is -0.399. The molecule has 7 heteroatoms. The standard InChI is InChI=1S/C15H16N2O3S2/c1-8-9(2)22-13(12(8)14(19)20-3)17-15(21)16-10-5-4-6-11(18)7-10/h4-7,18H,1-3H3,(H2,16,17,21). The van der Waals surface area contributed by atoms with Crippen molar-refractivity contribution in [3.63, 3.8) is 0 Å². The molecule has 116 valence electrons. The minimum absolute atomic E-state index is 0.144. The van der Waals surface area contributed by atoms with E-state index in [1.807, 2.05) is 13.8 Å². The molecule has 0 aliphatic rings. The number of carbonyl (C=O) groups excluding carboxylic acids is 1. The first-order valence-electron chi connectivity index (χ1n) is 6.47. The Hall–Kier alpha value is -2.12. The van der Waals surface area contributed by atoms with E-state index in [9.17, 15) is 9.90 Å².